The van der Waals surface area contributed by atoms with E-state index in [-0.39, 0.29) is 5.56 Å². The number of pyridine rings is 1. The maximum atomic E-state index is 12.5. The summed E-state index contributed by atoms with van der Waals surface area (Å²) in [5.74, 6) is 0.621. The summed E-state index contributed by atoms with van der Waals surface area (Å²) in [6.07, 6.45) is 11.7. The zero-order chi connectivity index (χ0) is 16.3. The fourth-order valence-electron chi connectivity index (χ4n) is 4.58. The van der Waals surface area contributed by atoms with E-state index in [0.717, 1.165) is 27.9 Å². The summed E-state index contributed by atoms with van der Waals surface area (Å²) < 4.78 is 2.33. The summed E-state index contributed by atoms with van der Waals surface area (Å²) in [5.41, 5.74) is 5.19. The molecule has 5 heteroatoms. The van der Waals surface area contributed by atoms with Crippen molar-refractivity contribution in [3.8, 4) is 0 Å². The van der Waals surface area contributed by atoms with E-state index in [1.165, 1.54) is 72.1 Å². The third kappa shape index (κ3) is 2.00. The molecule has 0 bridgehead atoms. The van der Waals surface area contributed by atoms with Crippen LogP contribution in [0.25, 0.3) is 20.4 Å². The molecule has 124 valence electrons. The third-order valence-electron chi connectivity index (χ3n) is 5.78. The highest BCUT2D eigenvalue weighted by Gasteiger charge is 2.28. The Morgan fingerprint density at radius 1 is 1.12 bits per heavy atom. The fraction of sp³-hybridized carbons (Fsp3) is 0.526. The van der Waals surface area contributed by atoms with Gasteiger partial charge >= 0.3 is 0 Å². The molecule has 24 heavy (non-hydrogen) atoms. The Morgan fingerprint density at radius 2 is 1.92 bits per heavy atom. The van der Waals surface area contributed by atoms with Crippen LogP contribution in [0.15, 0.2) is 11.1 Å². The van der Waals surface area contributed by atoms with Crippen molar-refractivity contribution in [2.45, 2.75) is 57.3 Å². The highest BCUT2D eigenvalue weighted by Crippen LogP contribution is 2.42. The molecule has 0 aromatic carbocycles. The first-order valence-electron chi connectivity index (χ1n) is 9.03. The number of aryl methyl sites for hydroxylation is 2. The number of hydrogen-bond donors (Lipinski definition) is 0. The van der Waals surface area contributed by atoms with Gasteiger partial charge in [-0.15, -0.1) is 11.3 Å². The van der Waals surface area contributed by atoms with Crippen LogP contribution < -0.4 is 5.56 Å². The van der Waals surface area contributed by atoms with Crippen LogP contribution in [0.1, 0.15) is 61.3 Å². The molecule has 0 amide bonds. The van der Waals surface area contributed by atoms with Gasteiger partial charge < -0.3 is 4.57 Å². The second-order valence-corrected chi connectivity index (χ2v) is 8.26. The van der Waals surface area contributed by atoms with Gasteiger partial charge in [-0.25, -0.2) is 9.97 Å². The van der Waals surface area contributed by atoms with E-state index in [1.807, 2.05) is 0 Å². The lowest BCUT2D eigenvalue weighted by Gasteiger charge is -2.23. The maximum Gasteiger partial charge on any atom is 0.271 e. The van der Waals surface area contributed by atoms with E-state index in [9.17, 15) is 4.79 Å². The minimum atomic E-state index is 0.0500. The zero-order valence-electron chi connectivity index (χ0n) is 14.0. The summed E-state index contributed by atoms with van der Waals surface area (Å²) >= 11 is 1.54. The van der Waals surface area contributed by atoms with Gasteiger partial charge in [0.1, 0.15) is 9.53 Å². The normalized spacial score (nSPS) is 18.5. The molecule has 2 aliphatic carbocycles. The molecule has 1 saturated carbocycles. The predicted octanol–water partition coefficient (Wildman–Crippen LogP) is 4.08. The van der Waals surface area contributed by atoms with Crippen molar-refractivity contribution in [2.75, 3.05) is 0 Å². The zero-order valence-corrected chi connectivity index (χ0v) is 14.8. The standard InChI is InChI=1S/C19H21N3OS/c1-22-10-20-16-14-12-8-5-9-13(12)15(11-6-3-2-4-7-11)21-18(14)24-17(16)19(22)23/h10-11H,2-9H2,1H3. The lowest BCUT2D eigenvalue weighted by atomic mass is 9.84. The molecular weight excluding hydrogens is 318 g/mol. The Labute approximate surface area is 144 Å². The van der Waals surface area contributed by atoms with Crippen molar-refractivity contribution in [1.82, 2.24) is 14.5 Å². The molecule has 0 saturated heterocycles. The van der Waals surface area contributed by atoms with E-state index in [2.05, 4.69) is 4.98 Å². The first-order valence-corrected chi connectivity index (χ1v) is 9.85. The predicted molar refractivity (Wildman–Crippen MR) is 98.0 cm³/mol. The van der Waals surface area contributed by atoms with Gasteiger partial charge in [0.05, 0.1) is 11.8 Å². The molecule has 4 nitrogen and oxygen atoms in total. The van der Waals surface area contributed by atoms with E-state index >= 15 is 0 Å². The van der Waals surface area contributed by atoms with Crippen molar-refractivity contribution >= 4 is 31.8 Å². The molecule has 0 aliphatic heterocycles. The van der Waals surface area contributed by atoms with Gasteiger partial charge in [0.15, 0.2) is 0 Å². The van der Waals surface area contributed by atoms with Gasteiger partial charge in [0.2, 0.25) is 0 Å². The Kier molecular flexibility index (Phi) is 3.27. The third-order valence-corrected chi connectivity index (χ3v) is 6.84. The van der Waals surface area contributed by atoms with Gasteiger partial charge in [0.25, 0.3) is 5.56 Å². The summed E-state index contributed by atoms with van der Waals surface area (Å²) in [4.78, 5) is 23.2. The van der Waals surface area contributed by atoms with Crippen molar-refractivity contribution in [3.63, 3.8) is 0 Å². The lowest BCUT2D eigenvalue weighted by molar-refractivity contribution is 0.435. The number of fused-ring (bicyclic) bond motifs is 5. The first kappa shape index (κ1) is 14.6. The Bertz CT molecular complexity index is 1010. The summed E-state index contributed by atoms with van der Waals surface area (Å²) in [7, 11) is 1.77. The SMILES string of the molecule is Cn1cnc2c(sc3nc(C4CCCCC4)c4c(c32)CCC4)c1=O. The molecule has 3 aromatic rings. The largest absolute Gasteiger partial charge is 0.301 e. The average Bonchev–Trinajstić information content (AvgIpc) is 3.22. The number of rotatable bonds is 1. The second kappa shape index (κ2) is 5.38. The highest BCUT2D eigenvalue weighted by atomic mass is 32.1. The molecule has 2 aliphatic rings. The van der Waals surface area contributed by atoms with E-state index < -0.39 is 0 Å². The number of aromatic nitrogens is 3. The molecule has 3 heterocycles. The van der Waals surface area contributed by atoms with Crippen molar-refractivity contribution < 1.29 is 0 Å². The molecule has 3 aromatic heterocycles. The van der Waals surface area contributed by atoms with Gasteiger partial charge in [-0.3, -0.25) is 4.79 Å². The molecule has 1 fully saturated rings. The molecular formula is C19H21N3OS. The van der Waals surface area contributed by atoms with E-state index in [0.29, 0.717) is 5.92 Å². The smallest absolute Gasteiger partial charge is 0.271 e. The quantitative estimate of drug-likeness (QED) is 0.671. The average molecular weight is 339 g/mol. The minimum Gasteiger partial charge on any atom is -0.301 e. The number of thiophene rings is 1. The summed E-state index contributed by atoms with van der Waals surface area (Å²) in [5, 5.41) is 1.17. The Hall–Kier alpha value is -1.75. The molecule has 0 N–H and O–H groups in total. The van der Waals surface area contributed by atoms with Crippen molar-refractivity contribution in [2.24, 2.45) is 7.05 Å². The molecule has 0 spiro atoms. The second-order valence-electron chi connectivity index (χ2n) is 7.26. The highest BCUT2D eigenvalue weighted by molar-refractivity contribution is 7.25. The van der Waals surface area contributed by atoms with Crippen LogP contribution in [0, 0.1) is 0 Å². The monoisotopic (exact) mass is 339 g/mol. The fourth-order valence-corrected chi connectivity index (χ4v) is 5.72. The van der Waals surface area contributed by atoms with Gasteiger partial charge in [-0.05, 0) is 43.2 Å². The summed E-state index contributed by atoms with van der Waals surface area (Å²) in [6, 6.07) is 0. The van der Waals surface area contributed by atoms with Crippen molar-refractivity contribution in [1.29, 1.82) is 0 Å². The van der Waals surface area contributed by atoms with Crippen molar-refractivity contribution in [3.05, 3.63) is 33.5 Å². The van der Waals surface area contributed by atoms with Crippen LogP contribution in [0.2, 0.25) is 0 Å². The number of nitrogens with zero attached hydrogens (tertiary/aromatic N) is 3. The topological polar surface area (TPSA) is 47.8 Å². The van der Waals surface area contributed by atoms with Crippen LogP contribution in [0.4, 0.5) is 0 Å². The van der Waals surface area contributed by atoms with E-state index in [4.69, 9.17) is 4.98 Å². The van der Waals surface area contributed by atoms with Gasteiger partial charge in [-0.1, -0.05) is 19.3 Å². The minimum absolute atomic E-state index is 0.0500. The van der Waals surface area contributed by atoms with Crippen LogP contribution in [0.5, 0.6) is 0 Å². The first-order chi connectivity index (χ1) is 11.7. The van der Waals surface area contributed by atoms with Crippen LogP contribution in [0.3, 0.4) is 0 Å². The van der Waals surface area contributed by atoms with Gasteiger partial charge in [0, 0.05) is 24.0 Å². The maximum absolute atomic E-state index is 12.5. The lowest BCUT2D eigenvalue weighted by Crippen LogP contribution is -2.15. The van der Waals surface area contributed by atoms with Crippen LogP contribution >= 0.6 is 11.3 Å². The number of hydrogen-bond acceptors (Lipinski definition) is 4. The Balaban J connectivity index is 1.83. The molecule has 5 rings (SSSR count). The Morgan fingerprint density at radius 3 is 2.75 bits per heavy atom. The van der Waals surface area contributed by atoms with E-state index in [1.54, 1.807) is 17.9 Å². The van der Waals surface area contributed by atoms with Crippen LogP contribution in [-0.4, -0.2) is 14.5 Å². The van der Waals surface area contributed by atoms with Crippen LogP contribution in [-0.2, 0) is 19.9 Å². The van der Waals surface area contributed by atoms with Gasteiger partial charge in [-0.2, -0.15) is 0 Å². The molecule has 0 atom stereocenters. The molecule has 0 radical (unpaired) electrons. The molecule has 0 unspecified atom stereocenters. The summed E-state index contributed by atoms with van der Waals surface area (Å²) in [6.45, 7) is 0.